The average Bonchev–Trinajstić information content (AvgIpc) is 3.11. The summed E-state index contributed by atoms with van der Waals surface area (Å²) in [4.78, 5) is 9.05. The van der Waals surface area contributed by atoms with Crippen molar-refractivity contribution in [3.63, 3.8) is 0 Å². The number of hydrogen-bond acceptors (Lipinski definition) is 4. The maximum atomic E-state index is 10.1. The topological polar surface area (TPSA) is 70.1 Å². The summed E-state index contributed by atoms with van der Waals surface area (Å²) >= 11 is 6.41. The summed E-state index contributed by atoms with van der Waals surface area (Å²) in [7, 11) is 0. The van der Waals surface area contributed by atoms with Crippen LogP contribution in [0.25, 0.3) is 16.9 Å². The molecule has 0 bridgehead atoms. The minimum atomic E-state index is -0.0685. The standard InChI is InChI=1S/C21H15Br2N3O2/c1-12-2-7-18-25-17(11-26(18)10-12)13-3-5-15(6-4-13)24-9-14-8-16(22)21(28)19(23)20(14)27/h2-11,27-28H,1H3. The fourth-order valence-corrected chi connectivity index (χ4v) is 3.97. The van der Waals surface area contributed by atoms with E-state index in [1.807, 2.05) is 53.2 Å². The zero-order valence-corrected chi connectivity index (χ0v) is 17.9. The minimum absolute atomic E-state index is 0.0540. The summed E-state index contributed by atoms with van der Waals surface area (Å²) in [5.41, 5.74) is 5.20. The van der Waals surface area contributed by atoms with Crippen molar-refractivity contribution < 1.29 is 10.2 Å². The Morgan fingerprint density at radius 3 is 2.50 bits per heavy atom. The van der Waals surface area contributed by atoms with Gasteiger partial charge in [0.25, 0.3) is 0 Å². The summed E-state index contributed by atoms with van der Waals surface area (Å²) < 4.78 is 2.71. The van der Waals surface area contributed by atoms with E-state index in [2.05, 4.69) is 48.8 Å². The number of aryl methyl sites for hydroxylation is 1. The second-order valence-electron chi connectivity index (χ2n) is 6.36. The highest BCUT2D eigenvalue weighted by molar-refractivity contribution is 9.11. The Morgan fingerprint density at radius 2 is 1.75 bits per heavy atom. The number of halogens is 2. The Kier molecular flexibility index (Phi) is 4.95. The maximum Gasteiger partial charge on any atom is 0.147 e. The van der Waals surface area contributed by atoms with Crippen molar-refractivity contribution in [1.82, 2.24) is 9.38 Å². The molecule has 0 amide bonds. The van der Waals surface area contributed by atoms with Crippen LogP contribution in [0, 0.1) is 6.92 Å². The van der Waals surface area contributed by atoms with Gasteiger partial charge in [0.1, 0.15) is 21.6 Å². The lowest BCUT2D eigenvalue weighted by Gasteiger charge is -2.06. The van der Waals surface area contributed by atoms with Crippen molar-refractivity contribution in [2.75, 3.05) is 0 Å². The van der Waals surface area contributed by atoms with Gasteiger partial charge in [-0.25, -0.2) is 4.98 Å². The molecule has 0 aliphatic rings. The summed E-state index contributed by atoms with van der Waals surface area (Å²) in [6.45, 7) is 2.05. The third-order valence-electron chi connectivity index (χ3n) is 4.31. The predicted octanol–water partition coefficient (Wildman–Crippen LogP) is 6.00. The van der Waals surface area contributed by atoms with Crippen LogP contribution in [0.15, 0.2) is 68.8 Å². The fraction of sp³-hybridized carbons (Fsp3) is 0.0476. The van der Waals surface area contributed by atoms with Gasteiger partial charge in [-0.05, 0) is 68.6 Å². The number of aliphatic imine (C=N–C) groups is 1. The molecular formula is C21H15Br2N3O2. The average molecular weight is 501 g/mol. The SMILES string of the molecule is Cc1ccc2nc(-c3ccc(N=Cc4cc(Br)c(O)c(Br)c4O)cc3)cn2c1. The normalized spacial score (nSPS) is 11.5. The van der Waals surface area contributed by atoms with Crippen LogP contribution in [0.4, 0.5) is 5.69 Å². The van der Waals surface area contributed by atoms with E-state index >= 15 is 0 Å². The highest BCUT2D eigenvalue weighted by Gasteiger charge is 2.12. The first-order valence-corrected chi connectivity index (χ1v) is 10.0. The van der Waals surface area contributed by atoms with E-state index < -0.39 is 0 Å². The molecule has 0 aliphatic heterocycles. The Morgan fingerprint density at radius 1 is 1.00 bits per heavy atom. The lowest BCUT2D eigenvalue weighted by atomic mass is 10.1. The van der Waals surface area contributed by atoms with E-state index in [0.717, 1.165) is 22.6 Å². The first-order valence-electron chi connectivity index (χ1n) is 8.42. The quantitative estimate of drug-likeness (QED) is 0.339. The van der Waals surface area contributed by atoms with Crippen molar-refractivity contribution in [2.45, 2.75) is 6.92 Å². The van der Waals surface area contributed by atoms with Crippen molar-refractivity contribution in [3.05, 3.63) is 74.9 Å². The molecule has 2 heterocycles. The highest BCUT2D eigenvalue weighted by Crippen LogP contribution is 2.40. The van der Waals surface area contributed by atoms with E-state index in [4.69, 9.17) is 0 Å². The monoisotopic (exact) mass is 499 g/mol. The molecule has 0 fully saturated rings. The van der Waals surface area contributed by atoms with Gasteiger partial charge in [-0.1, -0.05) is 18.2 Å². The van der Waals surface area contributed by atoms with Gasteiger partial charge in [0.05, 0.1) is 15.9 Å². The molecule has 2 N–H and O–H groups in total. The predicted molar refractivity (Wildman–Crippen MR) is 118 cm³/mol. The van der Waals surface area contributed by atoms with Crippen molar-refractivity contribution >= 4 is 49.4 Å². The molecule has 0 unspecified atom stereocenters. The van der Waals surface area contributed by atoms with Crippen LogP contribution < -0.4 is 0 Å². The van der Waals surface area contributed by atoms with Crippen LogP contribution in [-0.4, -0.2) is 25.8 Å². The Bertz CT molecular complexity index is 1210. The van der Waals surface area contributed by atoms with Crippen LogP contribution in [-0.2, 0) is 0 Å². The molecule has 0 radical (unpaired) electrons. The van der Waals surface area contributed by atoms with Gasteiger partial charge < -0.3 is 14.6 Å². The van der Waals surface area contributed by atoms with E-state index in [1.54, 1.807) is 12.3 Å². The van der Waals surface area contributed by atoms with E-state index in [9.17, 15) is 10.2 Å². The highest BCUT2D eigenvalue weighted by atomic mass is 79.9. The number of benzene rings is 2. The van der Waals surface area contributed by atoms with Crippen LogP contribution in [0.5, 0.6) is 11.5 Å². The Balaban J connectivity index is 1.60. The van der Waals surface area contributed by atoms with Crippen LogP contribution in [0.1, 0.15) is 11.1 Å². The fourth-order valence-electron chi connectivity index (χ4n) is 2.82. The second-order valence-corrected chi connectivity index (χ2v) is 8.01. The molecule has 7 heteroatoms. The molecule has 0 saturated heterocycles. The van der Waals surface area contributed by atoms with Gasteiger partial charge in [0.15, 0.2) is 0 Å². The van der Waals surface area contributed by atoms with Crippen molar-refractivity contribution in [3.8, 4) is 22.8 Å². The summed E-state index contributed by atoms with van der Waals surface area (Å²) in [5, 5.41) is 19.9. The summed E-state index contributed by atoms with van der Waals surface area (Å²) in [6, 6.07) is 13.3. The Labute approximate surface area is 178 Å². The van der Waals surface area contributed by atoms with Crippen molar-refractivity contribution in [1.29, 1.82) is 0 Å². The molecule has 0 aliphatic carbocycles. The number of phenols is 2. The third-order valence-corrected chi connectivity index (χ3v) is 5.67. The van der Waals surface area contributed by atoms with Gasteiger partial charge in [0, 0.05) is 29.7 Å². The van der Waals surface area contributed by atoms with E-state index in [1.165, 1.54) is 5.56 Å². The minimum Gasteiger partial charge on any atom is -0.506 e. The largest absolute Gasteiger partial charge is 0.506 e. The second kappa shape index (κ2) is 7.41. The molecule has 0 spiro atoms. The summed E-state index contributed by atoms with van der Waals surface area (Å²) in [5.74, 6) is -0.122. The molecule has 28 heavy (non-hydrogen) atoms. The van der Waals surface area contributed by atoms with Gasteiger partial charge in [-0.3, -0.25) is 4.99 Å². The number of aromatic nitrogens is 2. The summed E-state index contributed by atoms with van der Waals surface area (Å²) in [6.07, 6.45) is 5.60. The molecule has 2 aromatic carbocycles. The number of hydrogen-bond donors (Lipinski definition) is 2. The zero-order chi connectivity index (χ0) is 19.8. The number of imidazole rings is 1. The molecule has 4 rings (SSSR count). The lowest BCUT2D eigenvalue weighted by Crippen LogP contribution is -1.85. The number of fused-ring (bicyclic) bond motifs is 1. The number of phenolic OH excluding ortho intramolecular Hbond substituents is 2. The molecule has 0 atom stereocenters. The first-order chi connectivity index (χ1) is 13.4. The number of pyridine rings is 1. The molecule has 140 valence electrons. The molecule has 2 aromatic heterocycles. The zero-order valence-electron chi connectivity index (χ0n) is 14.8. The van der Waals surface area contributed by atoms with Gasteiger partial charge in [-0.2, -0.15) is 0 Å². The number of nitrogens with zero attached hydrogens (tertiary/aromatic N) is 3. The number of aromatic hydroxyl groups is 2. The van der Waals surface area contributed by atoms with E-state index in [0.29, 0.717) is 10.0 Å². The molecule has 0 saturated carbocycles. The van der Waals surface area contributed by atoms with E-state index in [-0.39, 0.29) is 16.0 Å². The number of rotatable bonds is 3. The maximum absolute atomic E-state index is 10.1. The van der Waals surface area contributed by atoms with Gasteiger partial charge in [0.2, 0.25) is 0 Å². The molecule has 4 aromatic rings. The van der Waals surface area contributed by atoms with Gasteiger partial charge in [-0.15, -0.1) is 0 Å². The van der Waals surface area contributed by atoms with Gasteiger partial charge >= 0.3 is 0 Å². The Hall–Kier alpha value is -2.64. The molecule has 5 nitrogen and oxygen atoms in total. The van der Waals surface area contributed by atoms with Crippen LogP contribution in [0.3, 0.4) is 0 Å². The van der Waals surface area contributed by atoms with Crippen LogP contribution in [0.2, 0.25) is 0 Å². The van der Waals surface area contributed by atoms with Crippen molar-refractivity contribution in [2.24, 2.45) is 4.99 Å². The first kappa shape index (κ1) is 18.7. The smallest absolute Gasteiger partial charge is 0.147 e. The lowest BCUT2D eigenvalue weighted by molar-refractivity contribution is 0.442. The third kappa shape index (κ3) is 3.55. The van der Waals surface area contributed by atoms with Crippen LogP contribution >= 0.6 is 31.9 Å². The molecular weight excluding hydrogens is 486 g/mol.